The van der Waals surface area contributed by atoms with Gasteiger partial charge in [0, 0.05) is 17.6 Å². The average Bonchev–Trinajstić information content (AvgIpc) is 2.82. The van der Waals surface area contributed by atoms with Gasteiger partial charge < -0.3 is 10.3 Å². The molecule has 0 saturated carbocycles. The lowest BCUT2D eigenvalue weighted by atomic mass is 10.1. The van der Waals surface area contributed by atoms with Crippen molar-refractivity contribution < 1.29 is 0 Å². The Hall–Kier alpha value is -1.84. The van der Waals surface area contributed by atoms with Crippen LogP contribution < -0.4 is 5.73 Å². The molecule has 0 aliphatic carbocycles. The Labute approximate surface area is 123 Å². The Bertz CT molecular complexity index is 720. The van der Waals surface area contributed by atoms with Gasteiger partial charge in [0.1, 0.15) is 0 Å². The molecule has 2 N–H and O–H groups in total. The maximum atomic E-state index is 6.25. The molecule has 1 heterocycles. The van der Waals surface area contributed by atoms with Crippen LogP contribution in [0, 0.1) is 0 Å². The van der Waals surface area contributed by atoms with Crippen molar-refractivity contribution in [3.63, 3.8) is 0 Å². The van der Waals surface area contributed by atoms with Gasteiger partial charge in [0.05, 0.1) is 17.4 Å². The van der Waals surface area contributed by atoms with E-state index in [0.29, 0.717) is 0 Å². The second-order valence-corrected chi connectivity index (χ2v) is 5.42. The van der Waals surface area contributed by atoms with Crippen LogP contribution in [0.5, 0.6) is 0 Å². The standard InChI is InChI=1S/C16H16ClN3/c17-13-5-3-4-12(8-13)9-14(18)10-20-11-19-15-6-1-2-7-16(15)20/h1-8,11,14H,9-10,18H2. The number of nitrogens with two attached hydrogens (primary N) is 1. The fourth-order valence-corrected chi connectivity index (χ4v) is 2.65. The molecule has 102 valence electrons. The summed E-state index contributed by atoms with van der Waals surface area (Å²) in [5.41, 5.74) is 9.53. The molecule has 3 nitrogen and oxygen atoms in total. The van der Waals surface area contributed by atoms with Gasteiger partial charge in [-0.2, -0.15) is 0 Å². The molecule has 0 aliphatic heterocycles. The van der Waals surface area contributed by atoms with Gasteiger partial charge in [-0.1, -0.05) is 35.9 Å². The van der Waals surface area contributed by atoms with Gasteiger partial charge in [0.25, 0.3) is 0 Å². The van der Waals surface area contributed by atoms with Gasteiger partial charge >= 0.3 is 0 Å². The summed E-state index contributed by atoms with van der Waals surface area (Å²) >= 11 is 5.99. The molecule has 0 amide bonds. The first-order chi connectivity index (χ1) is 9.72. The molecular formula is C16H16ClN3. The molecule has 0 radical (unpaired) electrons. The van der Waals surface area contributed by atoms with Gasteiger partial charge in [-0.25, -0.2) is 4.98 Å². The normalized spacial score (nSPS) is 12.7. The minimum absolute atomic E-state index is 0.0334. The Balaban J connectivity index is 1.74. The highest BCUT2D eigenvalue weighted by Gasteiger charge is 2.08. The summed E-state index contributed by atoms with van der Waals surface area (Å²) in [5.74, 6) is 0. The molecule has 1 unspecified atom stereocenters. The average molecular weight is 286 g/mol. The zero-order valence-electron chi connectivity index (χ0n) is 11.0. The van der Waals surface area contributed by atoms with Crippen LogP contribution >= 0.6 is 11.6 Å². The molecule has 4 heteroatoms. The summed E-state index contributed by atoms with van der Waals surface area (Å²) in [6.07, 6.45) is 2.65. The highest BCUT2D eigenvalue weighted by atomic mass is 35.5. The van der Waals surface area contributed by atoms with Gasteiger partial charge in [0.15, 0.2) is 0 Å². The van der Waals surface area contributed by atoms with Gasteiger partial charge in [-0.3, -0.25) is 0 Å². The van der Waals surface area contributed by atoms with Crippen molar-refractivity contribution >= 4 is 22.6 Å². The molecule has 2 aromatic carbocycles. The van der Waals surface area contributed by atoms with E-state index in [-0.39, 0.29) is 6.04 Å². The predicted octanol–water partition coefficient (Wildman–Crippen LogP) is 3.26. The second-order valence-electron chi connectivity index (χ2n) is 4.98. The summed E-state index contributed by atoms with van der Waals surface area (Å²) in [4.78, 5) is 4.38. The first-order valence-corrected chi connectivity index (χ1v) is 7.00. The molecule has 0 saturated heterocycles. The number of rotatable bonds is 4. The van der Waals surface area contributed by atoms with Crippen molar-refractivity contribution in [2.24, 2.45) is 5.73 Å². The van der Waals surface area contributed by atoms with E-state index in [0.717, 1.165) is 34.6 Å². The molecule has 0 bridgehead atoms. The first-order valence-electron chi connectivity index (χ1n) is 6.62. The number of aromatic nitrogens is 2. The van der Waals surface area contributed by atoms with Crippen LogP contribution in [0.1, 0.15) is 5.56 Å². The van der Waals surface area contributed by atoms with Gasteiger partial charge in [-0.05, 0) is 36.2 Å². The van der Waals surface area contributed by atoms with E-state index in [1.165, 1.54) is 0 Å². The van der Waals surface area contributed by atoms with Crippen LogP contribution in [-0.4, -0.2) is 15.6 Å². The lowest BCUT2D eigenvalue weighted by molar-refractivity contribution is 0.559. The Morgan fingerprint density at radius 1 is 1.15 bits per heavy atom. The number of imidazole rings is 1. The summed E-state index contributed by atoms with van der Waals surface area (Å²) in [5, 5.41) is 0.753. The molecular weight excluding hydrogens is 270 g/mol. The van der Waals surface area contributed by atoms with E-state index in [2.05, 4.69) is 21.7 Å². The lowest BCUT2D eigenvalue weighted by Gasteiger charge is -2.13. The van der Waals surface area contributed by atoms with Crippen LogP contribution in [-0.2, 0) is 13.0 Å². The smallest absolute Gasteiger partial charge is 0.0958 e. The number of nitrogens with zero attached hydrogens (tertiary/aromatic N) is 2. The largest absolute Gasteiger partial charge is 0.329 e. The number of fused-ring (bicyclic) bond motifs is 1. The van der Waals surface area contributed by atoms with Crippen LogP contribution in [0.25, 0.3) is 11.0 Å². The maximum absolute atomic E-state index is 6.25. The minimum Gasteiger partial charge on any atom is -0.329 e. The fourth-order valence-electron chi connectivity index (χ4n) is 2.44. The second kappa shape index (κ2) is 5.65. The zero-order chi connectivity index (χ0) is 13.9. The molecule has 3 rings (SSSR count). The van der Waals surface area contributed by atoms with Crippen LogP contribution in [0.15, 0.2) is 54.9 Å². The van der Waals surface area contributed by atoms with Crippen LogP contribution in [0.4, 0.5) is 0 Å². The number of para-hydroxylation sites is 2. The van der Waals surface area contributed by atoms with E-state index < -0.39 is 0 Å². The highest BCUT2D eigenvalue weighted by Crippen LogP contribution is 2.15. The third-order valence-corrected chi connectivity index (χ3v) is 3.58. The molecule has 1 aromatic heterocycles. The van der Waals surface area contributed by atoms with Crippen molar-refractivity contribution in [2.45, 2.75) is 19.0 Å². The van der Waals surface area contributed by atoms with E-state index in [1.807, 2.05) is 42.7 Å². The maximum Gasteiger partial charge on any atom is 0.0958 e. The summed E-state index contributed by atoms with van der Waals surface area (Å²) in [6.45, 7) is 0.743. The summed E-state index contributed by atoms with van der Waals surface area (Å²) in [6, 6.07) is 16.0. The quantitative estimate of drug-likeness (QED) is 0.799. The van der Waals surface area contributed by atoms with Crippen molar-refractivity contribution in [1.82, 2.24) is 9.55 Å². The molecule has 3 aromatic rings. The molecule has 20 heavy (non-hydrogen) atoms. The Morgan fingerprint density at radius 2 is 2.00 bits per heavy atom. The van der Waals surface area contributed by atoms with Gasteiger partial charge in [-0.15, -0.1) is 0 Å². The monoisotopic (exact) mass is 285 g/mol. The van der Waals surface area contributed by atoms with Gasteiger partial charge in [0.2, 0.25) is 0 Å². The molecule has 0 spiro atoms. The number of benzene rings is 2. The van der Waals surface area contributed by atoms with E-state index in [9.17, 15) is 0 Å². The molecule has 0 fully saturated rings. The van der Waals surface area contributed by atoms with Crippen molar-refractivity contribution in [2.75, 3.05) is 0 Å². The Morgan fingerprint density at radius 3 is 2.85 bits per heavy atom. The highest BCUT2D eigenvalue weighted by molar-refractivity contribution is 6.30. The van der Waals surface area contributed by atoms with Crippen LogP contribution in [0.2, 0.25) is 5.02 Å². The number of hydrogen-bond acceptors (Lipinski definition) is 2. The molecule has 0 aliphatic rings. The number of hydrogen-bond donors (Lipinski definition) is 1. The summed E-state index contributed by atoms with van der Waals surface area (Å²) in [7, 11) is 0. The first kappa shape index (κ1) is 13.2. The van der Waals surface area contributed by atoms with Crippen molar-refractivity contribution in [3.05, 3.63) is 65.4 Å². The van der Waals surface area contributed by atoms with Crippen molar-refractivity contribution in [1.29, 1.82) is 0 Å². The molecule has 1 atom stereocenters. The topological polar surface area (TPSA) is 43.8 Å². The third kappa shape index (κ3) is 2.84. The lowest BCUT2D eigenvalue weighted by Crippen LogP contribution is -2.28. The zero-order valence-corrected chi connectivity index (χ0v) is 11.8. The van der Waals surface area contributed by atoms with E-state index >= 15 is 0 Å². The van der Waals surface area contributed by atoms with E-state index in [1.54, 1.807) is 0 Å². The summed E-state index contributed by atoms with van der Waals surface area (Å²) < 4.78 is 2.10. The SMILES string of the molecule is NC(Cc1cccc(Cl)c1)Cn1cnc2ccccc21. The van der Waals surface area contributed by atoms with E-state index in [4.69, 9.17) is 17.3 Å². The Kier molecular flexibility index (Phi) is 3.72. The minimum atomic E-state index is 0.0334. The van der Waals surface area contributed by atoms with Crippen molar-refractivity contribution in [3.8, 4) is 0 Å². The van der Waals surface area contributed by atoms with Crippen LogP contribution in [0.3, 0.4) is 0 Å². The number of halogens is 1. The third-order valence-electron chi connectivity index (χ3n) is 3.35. The fraction of sp³-hybridized carbons (Fsp3) is 0.188. The predicted molar refractivity (Wildman–Crippen MR) is 82.9 cm³/mol.